The van der Waals surface area contributed by atoms with Gasteiger partial charge in [0.05, 0.1) is 12.7 Å². The maximum atomic E-state index is 5.82. The van der Waals surface area contributed by atoms with Crippen molar-refractivity contribution in [2.24, 2.45) is 0 Å². The molecule has 108 valence electrons. The summed E-state index contributed by atoms with van der Waals surface area (Å²) in [6.45, 7) is 11.7. The van der Waals surface area contributed by atoms with Gasteiger partial charge in [0, 0.05) is 35.4 Å². The number of aryl methyl sites for hydroxylation is 1. The zero-order valence-corrected chi connectivity index (χ0v) is 13.1. The molecular weight excluding hydrogens is 256 g/mol. The van der Waals surface area contributed by atoms with Crippen molar-refractivity contribution in [3.8, 4) is 0 Å². The second-order valence-electron chi connectivity index (χ2n) is 5.17. The van der Waals surface area contributed by atoms with Gasteiger partial charge in [0.15, 0.2) is 0 Å². The molecule has 3 nitrogen and oxygen atoms in total. The quantitative estimate of drug-likeness (QED) is 0.868. The first-order valence-electron chi connectivity index (χ1n) is 7.38. The summed E-state index contributed by atoms with van der Waals surface area (Å²) in [5.41, 5.74) is 0. The van der Waals surface area contributed by atoms with E-state index in [4.69, 9.17) is 4.74 Å². The van der Waals surface area contributed by atoms with Crippen molar-refractivity contribution in [2.75, 3.05) is 32.8 Å². The molecule has 1 fully saturated rings. The van der Waals surface area contributed by atoms with E-state index in [1.54, 1.807) is 0 Å². The van der Waals surface area contributed by atoms with Crippen LogP contribution in [0.5, 0.6) is 0 Å². The van der Waals surface area contributed by atoms with Crippen LogP contribution in [-0.2, 0) is 11.2 Å². The van der Waals surface area contributed by atoms with Crippen LogP contribution in [0, 0.1) is 0 Å². The smallest absolute Gasteiger partial charge is 0.0826 e. The minimum atomic E-state index is 0.335. The first-order chi connectivity index (χ1) is 9.22. The Balaban J connectivity index is 1.78. The minimum absolute atomic E-state index is 0.335. The van der Waals surface area contributed by atoms with E-state index in [1.165, 1.54) is 9.75 Å². The van der Waals surface area contributed by atoms with E-state index in [9.17, 15) is 0 Å². The molecule has 2 atom stereocenters. The van der Waals surface area contributed by atoms with Crippen LogP contribution < -0.4 is 5.32 Å². The highest BCUT2D eigenvalue weighted by Gasteiger charge is 2.20. The molecule has 0 amide bonds. The first kappa shape index (κ1) is 15.0. The van der Waals surface area contributed by atoms with Crippen molar-refractivity contribution in [3.63, 3.8) is 0 Å². The predicted octanol–water partition coefficient (Wildman–Crippen LogP) is 2.68. The lowest BCUT2D eigenvalue weighted by Crippen LogP contribution is -2.46. The van der Waals surface area contributed by atoms with Gasteiger partial charge < -0.3 is 10.1 Å². The molecule has 1 saturated heterocycles. The fourth-order valence-electron chi connectivity index (χ4n) is 2.42. The molecule has 0 aromatic carbocycles. The number of ether oxygens (including phenoxy) is 1. The van der Waals surface area contributed by atoms with Crippen LogP contribution in [0.1, 0.15) is 36.6 Å². The fourth-order valence-corrected chi connectivity index (χ4v) is 3.40. The Morgan fingerprint density at radius 1 is 1.47 bits per heavy atom. The van der Waals surface area contributed by atoms with E-state index in [2.05, 4.69) is 43.1 Å². The number of nitrogens with zero attached hydrogens (tertiary/aromatic N) is 1. The topological polar surface area (TPSA) is 24.5 Å². The molecular formula is C15H26N2OS. The summed E-state index contributed by atoms with van der Waals surface area (Å²) in [5, 5.41) is 3.61. The molecule has 4 heteroatoms. The third kappa shape index (κ3) is 4.28. The summed E-state index contributed by atoms with van der Waals surface area (Å²) >= 11 is 1.92. The van der Waals surface area contributed by atoms with Gasteiger partial charge in [-0.05, 0) is 32.0 Å². The van der Waals surface area contributed by atoms with Crippen molar-refractivity contribution in [2.45, 2.75) is 39.3 Å². The molecule has 0 bridgehead atoms. The molecule has 0 saturated carbocycles. The van der Waals surface area contributed by atoms with Gasteiger partial charge in [-0.3, -0.25) is 4.90 Å². The SMILES string of the molecule is CCc1ccc(C(C)NCC2CN(CC)CCO2)s1. The standard InChI is InChI=1S/C15H26N2OS/c1-4-14-6-7-15(19-14)12(3)16-10-13-11-17(5-2)8-9-18-13/h6-7,12-13,16H,4-5,8-11H2,1-3H3. The molecule has 2 rings (SSSR count). The second-order valence-corrected chi connectivity index (χ2v) is 6.37. The molecule has 0 radical (unpaired) electrons. The highest BCUT2D eigenvalue weighted by atomic mass is 32.1. The number of nitrogens with one attached hydrogen (secondary N) is 1. The van der Waals surface area contributed by atoms with Crippen LogP contribution in [0.25, 0.3) is 0 Å². The van der Waals surface area contributed by atoms with Gasteiger partial charge >= 0.3 is 0 Å². The summed E-state index contributed by atoms with van der Waals surface area (Å²) in [6.07, 6.45) is 1.47. The summed E-state index contributed by atoms with van der Waals surface area (Å²) in [7, 11) is 0. The molecule has 1 aliphatic heterocycles. The zero-order valence-electron chi connectivity index (χ0n) is 12.3. The van der Waals surface area contributed by atoms with Crippen molar-refractivity contribution < 1.29 is 4.74 Å². The number of hydrogen-bond donors (Lipinski definition) is 1. The van der Waals surface area contributed by atoms with Gasteiger partial charge in [0.1, 0.15) is 0 Å². The Labute approximate surface area is 121 Å². The molecule has 1 aromatic rings. The van der Waals surface area contributed by atoms with Crippen LogP contribution >= 0.6 is 11.3 Å². The highest BCUT2D eigenvalue weighted by molar-refractivity contribution is 7.12. The van der Waals surface area contributed by atoms with Gasteiger partial charge in [-0.25, -0.2) is 0 Å². The van der Waals surface area contributed by atoms with E-state index in [0.29, 0.717) is 12.1 Å². The molecule has 1 N–H and O–H groups in total. The van der Waals surface area contributed by atoms with Crippen molar-refractivity contribution >= 4 is 11.3 Å². The zero-order chi connectivity index (χ0) is 13.7. The van der Waals surface area contributed by atoms with Gasteiger partial charge in [-0.15, -0.1) is 11.3 Å². The van der Waals surface area contributed by atoms with Crippen LogP contribution in [-0.4, -0.2) is 43.8 Å². The van der Waals surface area contributed by atoms with E-state index in [0.717, 1.165) is 39.2 Å². The average molecular weight is 282 g/mol. The summed E-state index contributed by atoms with van der Waals surface area (Å²) in [4.78, 5) is 5.36. The molecule has 1 aromatic heterocycles. The number of hydrogen-bond acceptors (Lipinski definition) is 4. The molecule has 0 aliphatic carbocycles. The van der Waals surface area contributed by atoms with Crippen LogP contribution in [0.15, 0.2) is 12.1 Å². The maximum absolute atomic E-state index is 5.82. The van der Waals surface area contributed by atoms with Crippen molar-refractivity contribution in [1.29, 1.82) is 0 Å². The lowest BCUT2D eigenvalue weighted by molar-refractivity contribution is -0.0261. The Morgan fingerprint density at radius 3 is 3.00 bits per heavy atom. The molecule has 19 heavy (non-hydrogen) atoms. The largest absolute Gasteiger partial charge is 0.374 e. The summed E-state index contributed by atoms with van der Waals surface area (Å²) in [5.74, 6) is 0. The second kappa shape index (κ2) is 7.39. The van der Waals surface area contributed by atoms with Gasteiger partial charge in [-0.1, -0.05) is 13.8 Å². The van der Waals surface area contributed by atoms with Crippen molar-refractivity contribution in [1.82, 2.24) is 10.2 Å². The summed E-state index contributed by atoms with van der Waals surface area (Å²) in [6, 6.07) is 4.92. The average Bonchev–Trinajstić information content (AvgIpc) is 2.94. The molecule has 1 aliphatic rings. The summed E-state index contributed by atoms with van der Waals surface area (Å²) < 4.78 is 5.82. The maximum Gasteiger partial charge on any atom is 0.0826 e. The Hall–Kier alpha value is -0.420. The van der Waals surface area contributed by atoms with Crippen LogP contribution in [0.2, 0.25) is 0 Å². The van der Waals surface area contributed by atoms with Crippen molar-refractivity contribution in [3.05, 3.63) is 21.9 Å². The molecule has 0 spiro atoms. The van der Waals surface area contributed by atoms with Gasteiger partial charge in [0.2, 0.25) is 0 Å². The van der Waals surface area contributed by atoms with Crippen LogP contribution in [0.4, 0.5) is 0 Å². The fraction of sp³-hybridized carbons (Fsp3) is 0.733. The minimum Gasteiger partial charge on any atom is -0.374 e. The first-order valence-corrected chi connectivity index (χ1v) is 8.20. The number of rotatable bonds is 6. The number of morpholine rings is 1. The Morgan fingerprint density at radius 2 is 2.32 bits per heavy atom. The third-order valence-corrected chi connectivity index (χ3v) is 5.19. The van der Waals surface area contributed by atoms with Gasteiger partial charge in [-0.2, -0.15) is 0 Å². The normalized spacial score (nSPS) is 22.6. The number of thiophene rings is 1. The Kier molecular flexibility index (Phi) is 5.82. The number of likely N-dealkylation sites (N-methyl/N-ethyl adjacent to an activating group) is 1. The lowest BCUT2D eigenvalue weighted by Gasteiger charge is -2.32. The van der Waals surface area contributed by atoms with Crippen LogP contribution in [0.3, 0.4) is 0 Å². The third-order valence-electron chi connectivity index (χ3n) is 3.78. The Bertz CT molecular complexity index is 380. The van der Waals surface area contributed by atoms with E-state index >= 15 is 0 Å². The molecule has 2 unspecified atom stereocenters. The highest BCUT2D eigenvalue weighted by Crippen LogP contribution is 2.23. The monoisotopic (exact) mass is 282 g/mol. The van der Waals surface area contributed by atoms with E-state index in [1.807, 2.05) is 11.3 Å². The lowest BCUT2D eigenvalue weighted by atomic mass is 10.2. The van der Waals surface area contributed by atoms with Gasteiger partial charge in [0.25, 0.3) is 0 Å². The molecule has 2 heterocycles. The van der Waals surface area contributed by atoms with E-state index in [-0.39, 0.29) is 0 Å². The predicted molar refractivity (Wildman–Crippen MR) is 82.0 cm³/mol. The van der Waals surface area contributed by atoms with E-state index < -0.39 is 0 Å².